The number of carbonyl (C=O) groups is 1. The number of hydrogen-bond donors (Lipinski definition) is 1. The van der Waals surface area contributed by atoms with E-state index < -0.39 is 10.0 Å². The molecule has 0 radical (unpaired) electrons. The van der Waals surface area contributed by atoms with Crippen LogP contribution in [-0.2, 0) is 14.8 Å². The highest BCUT2D eigenvalue weighted by Crippen LogP contribution is 2.28. The summed E-state index contributed by atoms with van der Waals surface area (Å²) in [6.07, 6.45) is 2.76. The minimum absolute atomic E-state index is 0.0596. The molecule has 0 aromatic heterocycles. The van der Waals surface area contributed by atoms with Gasteiger partial charge in [0.1, 0.15) is 0 Å². The number of halogens is 1. The largest absolute Gasteiger partial charge is 0.354 e. The Morgan fingerprint density at radius 2 is 2.04 bits per heavy atom. The standard InChI is InChI=1S/C16H25ClN2O3S/c1-5-12(2)18-16(20)10-7-11-19(23(4,21)22)15-9-6-8-14(17)13(15)3/h6,8-9,12H,5,7,10-11H2,1-4H3,(H,18,20). The van der Waals surface area contributed by atoms with Gasteiger partial charge in [-0.25, -0.2) is 8.42 Å². The van der Waals surface area contributed by atoms with Crippen LogP contribution in [0.1, 0.15) is 38.7 Å². The zero-order valence-electron chi connectivity index (χ0n) is 14.1. The molecule has 0 saturated carbocycles. The smallest absolute Gasteiger partial charge is 0.232 e. The second-order valence-electron chi connectivity index (χ2n) is 5.70. The van der Waals surface area contributed by atoms with E-state index in [0.29, 0.717) is 22.7 Å². The van der Waals surface area contributed by atoms with Gasteiger partial charge in [0, 0.05) is 24.0 Å². The van der Waals surface area contributed by atoms with Crippen LogP contribution in [0.4, 0.5) is 5.69 Å². The van der Waals surface area contributed by atoms with Crippen LogP contribution in [0.3, 0.4) is 0 Å². The van der Waals surface area contributed by atoms with Gasteiger partial charge in [-0.15, -0.1) is 0 Å². The van der Waals surface area contributed by atoms with Gasteiger partial charge < -0.3 is 5.32 Å². The number of rotatable bonds is 8. The average molecular weight is 361 g/mol. The Hall–Kier alpha value is -1.27. The third-order valence-electron chi connectivity index (χ3n) is 3.69. The van der Waals surface area contributed by atoms with E-state index in [1.165, 1.54) is 4.31 Å². The lowest BCUT2D eigenvalue weighted by Gasteiger charge is -2.24. The molecule has 1 unspecified atom stereocenters. The zero-order chi connectivity index (χ0) is 17.6. The Labute approximate surface area is 144 Å². The highest BCUT2D eigenvalue weighted by molar-refractivity contribution is 7.92. The number of hydrogen-bond acceptors (Lipinski definition) is 3. The number of carbonyl (C=O) groups excluding carboxylic acids is 1. The third kappa shape index (κ3) is 6.03. The molecule has 0 aliphatic carbocycles. The number of amides is 1. The highest BCUT2D eigenvalue weighted by Gasteiger charge is 2.20. The maximum Gasteiger partial charge on any atom is 0.232 e. The molecule has 1 N–H and O–H groups in total. The fraction of sp³-hybridized carbons (Fsp3) is 0.562. The van der Waals surface area contributed by atoms with E-state index in [9.17, 15) is 13.2 Å². The summed E-state index contributed by atoms with van der Waals surface area (Å²) in [4.78, 5) is 11.8. The predicted molar refractivity (Wildman–Crippen MR) is 95.5 cm³/mol. The van der Waals surface area contributed by atoms with Crippen molar-refractivity contribution in [3.63, 3.8) is 0 Å². The van der Waals surface area contributed by atoms with Gasteiger partial charge in [0.2, 0.25) is 15.9 Å². The van der Waals surface area contributed by atoms with Crippen molar-refractivity contribution in [2.45, 2.75) is 46.1 Å². The van der Waals surface area contributed by atoms with Crippen LogP contribution in [0.2, 0.25) is 5.02 Å². The Morgan fingerprint density at radius 3 is 2.61 bits per heavy atom. The van der Waals surface area contributed by atoms with Gasteiger partial charge in [-0.3, -0.25) is 9.10 Å². The SMILES string of the molecule is CCC(C)NC(=O)CCCN(c1cccc(Cl)c1C)S(C)(=O)=O. The first-order valence-corrected chi connectivity index (χ1v) is 9.91. The van der Waals surface area contributed by atoms with Crippen molar-refractivity contribution in [1.29, 1.82) is 0 Å². The monoisotopic (exact) mass is 360 g/mol. The molecule has 0 aliphatic rings. The molecule has 0 spiro atoms. The predicted octanol–water partition coefficient (Wildman–Crippen LogP) is 3.11. The zero-order valence-corrected chi connectivity index (χ0v) is 15.7. The van der Waals surface area contributed by atoms with E-state index in [0.717, 1.165) is 12.7 Å². The van der Waals surface area contributed by atoms with Gasteiger partial charge in [-0.2, -0.15) is 0 Å². The summed E-state index contributed by atoms with van der Waals surface area (Å²) in [7, 11) is -3.44. The first kappa shape index (κ1) is 19.8. The minimum atomic E-state index is -3.44. The molecule has 0 bridgehead atoms. The molecule has 0 fully saturated rings. The number of nitrogens with one attached hydrogen (secondary N) is 1. The molecule has 1 rings (SSSR count). The lowest BCUT2D eigenvalue weighted by Crippen LogP contribution is -2.34. The van der Waals surface area contributed by atoms with E-state index in [1.807, 2.05) is 13.8 Å². The van der Waals surface area contributed by atoms with Gasteiger partial charge >= 0.3 is 0 Å². The summed E-state index contributed by atoms with van der Waals surface area (Å²) in [5.41, 5.74) is 1.27. The molecule has 1 aromatic rings. The van der Waals surface area contributed by atoms with E-state index >= 15 is 0 Å². The lowest BCUT2D eigenvalue weighted by atomic mass is 10.2. The van der Waals surface area contributed by atoms with Crippen LogP contribution in [0.15, 0.2) is 18.2 Å². The summed E-state index contributed by atoms with van der Waals surface area (Å²) in [6.45, 7) is 5.97. The van der Waals surface area contributed by atoms with Crippen molar-refractivity contribution in [3.8, 4) is 0 Å². The van der Waals surface area contributed by atoms with Crippen molar-refractivity contribution in [2.24, 2.45) is 0 Å². The summed E-state index contributed by atoms with van der Waals surface area (Å²) in [5.74, 6) is -0.0596. The second kappa shape index (κ2) is 8.55. The van der Waals surface area contributed by atoms with Crippen molar-refractivity contribution in [3.05, 3.63) is 28.8 Å². The van der Waals surface area contributed by atoms with Gasteiger partial charge in [0.25, 0.3) is 0 Å². The van der Waals surface area contributed by atoms with Crippen molar-refractivity contribution < 1.29 is 13.2 Å². The fourth-order valence-electron chi connectivity index (χ4n) is 2.16. The van der Waals surface area contributed by atoms with E-state index in [1.54, 1.807) is 25.1 Å². The number of anilines is 1. The van der Waals surface area contributed by atoms with Crippen LogP contribution in [0.5, 0.6) is 0 Å². The first-order valence-electron chi connectivity index (χ1n) is 7.69. The molecule has 0 saturated heterocycles. The third-order valence-corrected chi connectivity index (χ3v) is 5.28. The summed E-state index contributed by atoms with van der Waals surface area (Å²) >= 11 is 6.08. The molecule has 23 heavy (non-hydrogen) atoms. The van der Waals surface area contributed by atoms with Crippen LogP contribution in [-0.4, -0.2) is 33.2 Å². The van der Waals surface area contributed by atoms with Crippen molar-refractivity contribution in [2.75, 3.05) is 17.1 Å². The molecule has 1 atom stereocenters. The topological polar surface area (TPSA) is 66.5 Å². The van der Waals surface area contributed by atoms with Crippen LogP contribution in [0, 0.1) is 6.92 Å². The Kier molecular flexibility index (Phi) is 7.35. The first-order chi connectivity index (χ1) is 10.7. The quantitative estimate of drug-likeness (QED) is 0.774. The maximum atomic E-state index is 12.1. The van der Waals surface area contributed by atoms with E-state index in [2.05, 4.69) is 5.32 Å². The lowest BCUT2D eigenvalue weighted by molar-refractivity contribution is -0.121. The average Bonchev–Trinajstić information content (AvgIpc) is 2.45. The van der Waals surface area contributed by atoms with Crippen LogP contribution in [0.25, 0.3) is 0 Å². The Morgan fingerprint density at radius 1 is 1.39 bits per heavy atom. The van der Waals surface area contributed by atoms with Crippen LogP contribution < -0.4 is 9.62 Å². The Bertz CT molecular complexity index is 647. The number of sulfonamides is 1. The Balaban J connectivity index is 2.79. The summed E-state index contributed by atoms with van der Waals surface area (Å²) in [6, 6.07) is 5.30. The molecule has 0 aliphatic heterocycles. The van der Waals surface area contributed by atoms with Gasteiger partial charge in [0.05, 0.1) is 11.9 Å². The normalized spacial score (nSPS) is 12.7. The van der Waals surface area contributed by atoms with Crippen molar-refractivity contribution >= 4 is 33.2 Å². The maximum absolute atomic E-state index is 12.1. The van der Waals surface area contributed by atoms with Gasteiger partial charge in [-0.1, -0.05) is 24.6 Å². The van der Waals surface area contributed by atoms with Crippen LogP contribution >= 0.6 is 11.6 Å². The fourth-order valence-corrected chi connectivity index (χ4v) is 3.35. The molecule has 130 valence electrons. The second-order valence-corrected chi connectivity index (χ2v) is 8.01. The number of nitrogens with zero attached hydrogens (tertiary/aromatic N) is 1. The molecule has 1 aromatic carbocycles. The van der Waals surface area contributed by atoms with Crippen molar-refractivity contribution in [1.82, 2.24) is 5.32 Å². The molecular formula is C16H25ClN2O3S. The minimum Gasteiger partial charge on any atom is -0.354 e. The summed E-state index contributed by atoms with van der Waals surface area (Å²) < 4.78 is 25.5. The molecule has 0 heterocycles. The van der Waals surface area contributed by atoms with E-state index in [-0.39, 0.29) is 24.9 Å². The molecule has 1 amide bonds. The van der Waals surface area contributed by atoms with Gasteiger partial charge in [-0.05, 0) is 44.4 Å². The van der Waals surface area contributed by atoms with Gasteiger partial charge in [0.15, 0.2) is 0 Å². The summed E-state index contributed by atoms with van der Waals surface area (Å²) in [5, 5.41) is 3.39. The van der Waals surface area contributed by atoms with E-state index in [4.69, 9.17) is 11.6 Å². The highest BCUT2D eigenvalue weighted by atomic mass is 35.5. The molecular weight excluding hydrogens is 336 g/mol. The molecule has 7 heteroatoms. The number of benzene rings is 1. The molecule has 5 nitrogen and oxygen atoms in total.